The molecule has 2 aliphatic heterocycles. The monoisotopic (exact) mass is 529 g/mol. The zero-order valence-corrected chi connectivity index (χ0v) is 20.1. The Kier molecular flexibility index (Phi) is 9.83. The normalized spacial score (nSPS) is 18.9. The lowest BCUT2D eigenvalue weighted by Crippen LogP contribution is -2.45. The Balaban J connectivity index is 0.00000320. The number of nitrogens with one attached hydrogen (secondary N) is 2. The number of nitrogens with zero attached hydrogens (tertiary/aromatic N) is 3. The van der Waals surface area contributed by atoms with Gasteiger partial charge in [0.15, 0.2) is 5.96 Å². The molecule has 2 saturated heterocycles. The maximum absolute atomic E-state index is 11.9. The van der Waals surface area contributed by atoms with Crippen LogP contribution in [0.3, 0.4) is 0 Å². The molecule has 0 bridgehead atoms. The summed E-state index contributed by atoms with van der Waals surface area (Å²) in [5, 5.41) is 6.37. The quantitative estimate of drug-likeness (QED) is 0.320. The van der Waals surface area contributed by atoms with E-state index in [1.54, 1.807) is 19.0 Å². The van der Waals surface area contributed by atoms with E-state index >= 15 is 0 Å². The summed E-state index contributed by atoms with van der Waals surface area (Å²) in [6.45, 7) is 2.91. The van der Waals surface area contributed by atoms with E-state index in [2.05, 4.69) is 15.6 Å². The van der Waals surface area contributed by atoms with Gasteiger partial charge in [0.2, 0.25) is 11.8 Å². The summed E-state index contributed by atoms with van der Waals surface area (Å²) in [7, 11) is 3.46. The van der Waals surface area contributed by atoms with E-state index in [-0.39, 0.29) is 48.4 Å². The summed E-state index contributed by atoms with van der Waals surface area (Å²) >= 11 is 0. The van der Waals surface area contributed by atoms with Crippen LogP contribution >= 0.6 is 24.0 Å². The van der Waals surface area contributed by atoms with E-state index in [0.717, 1.165) is 43.7 Å². The molecule has 30 heavy (non-hydrogen) atoms. The minimum Gasteiger partial charge on any atom is -0.376 e. The number of rotatable bonds is 7. The lowest BCUT2D eigenvalue weighted by molar-refractivity contribution is -0.127. The van der Waals surface area contributed by atoms with Crippen molar-refractivity contribution in [3.8, 4) is 0 Å². The molecule has 1 unspecified atom stereocenters. The van der Waals surface area contributed by atoms with Crippen LogP contribution in [0, 0.1) is 0 Å². The summed E-state index contributed by atoms with van der Waals surface area (Å²) in [6.07, 6.45) is 3.85. The first kappa shape index (κ1) is 24.4. The van der Waals surface area contributed by atoms with Gasteiger partial charge in [-0.1, -0.05) is 12.1 Å². The number of ether oxygens (including phenoxy) is 1. The highest BCUT2D eigenvalue weighted by atomic mass is 127. The first-order valence-electron chi connectivity index (χ1n) is 10.3. The van der Waals surface area contributed by atoms with E-state index < -0.39 is 0 Å². The third kappa shape index (κ3) is 7.12. The van der Waals surface area contributed by atoms with Gasteiger partial charge in [0.25, 0.3) is 0 Å². The predicted octanol–water partition coefficient (Wildman–Crippen LogP) is 1.73. The Hall–Kier alpha value is -1.88. The standard InChI is InChI=1S/C21H31N5O3.HI/c1-25(2)20(28)15-24-21(23-14-18-5-4-12-29-18)22-13-16-7-9-17(10-8-16)26-11-3-6-19(26)27;/h7-10,18H,3-6,11-15H2,1-2H3,(H2,22,23,24);1H. The van der Waals surface area contributed by atoms with Crippen LogP contribution in [0.25, 0.3) is 0 Å². The summed E-state index contributed by atoms with van der Waals surface area (Å²) in [5.74, 6) is 0.761. The third-order valence-corrected chi connectivity index (χ3v) is 5.17. The van der Waals surface area contributed by atoms with E-state index in [1.807, 2.05) is 29.2 Å². The topological polar surface area (TPSA) is 86.3 Å². The maximum atomic E-state index is 11.9. The van der Waals surface area contributed by atoms with Gasteiger partial charge in [0.1, 0.15) is 0 Å². The third-order valence-electron chi connectivity index (χ3n) is 5.17. The number of carbonyl (C=O) groups is 2. The molecule has 0 aromatic heterocycles. The predicted molar refractivity (Wildman–Crippen MR) is 128 cm³/mol. The van der Waals surface area contributed by atoms with Crippen LogP contribution in [0.4, 0.5) is 5.69 Å². The van der Waals surface area contributed by atoms with Crippen LogP contribution in [0.5, 0.6) is 0 Å². The van der Waals surface area contributed by atoms with E-state index in [4.69, 9.17) is 4.74 Å². The van der Waals surface area contributed by atoms with Crippen LogP contribution in [0.15, 0.2) is 29.3 Å². The largest absolute Gasteiger partial charge is 0.376 e. The second kappa shape index (κ2) is 12.1. The fraction of sp³-hybridized carbons (Fsp3) is 0.571. The van der Waals surface area contributed by atoms with Crippen molar-refractivity contribution >= 4 is 47.4 Å². The number of guanidine groups is 1. The molecule has 0 radical (unpaired) electrons. The first-order chi connectivity index (χ1) is 14.0. The highest BCUT2D eigenvalue weighted by Crippen LogP contribution is 2.21. The molecule has 1 aromatic carbocycles. The number of likely N-dealkylation sites (N-methyl/N-ethyl adjacent to an activating group) is 1. The Morgan fingerprint density at radius 1 is 1.23 bits per heavy atom. The zero-order valence-electron chi connectivity index (χ0n) is 17.7. The molecule has 2 aliphatic rings. The molecule has 0 aliphatic carbocycles. The summed E-state index contributed by atoms with van der Waals surface area (Å²) in [6, 6.07) is 7.92. The second-order valence-corrected chi connectivity index (χ2v) is 7.64. The van der Waals surface area contributed by atoms with Gasteiger partial charge in [-0.2, -0.15) is 0 Å². The van der Waals surface area contributed by atoms with E-state index in [0.29, 0.717) is 25.5 Å². The molecule has 2 amide bonds. The molecule has 0 spiro atoms. The molecule has 2 heterocycles. The zero-order chi connectivity index (χ0) is 20.6. The van der Waals surface area contributed by atoms with Crippen LogP contribution in [0.2, 0.25) is 0 Å². The number of hydrogen-bond donors (Lipinski definition) is 2. The van der Waals surface area contributed by atoms with Gasteiger partial charge >= 0.3 is 0 Å². The van der Waals surface area contributed by atoms with Crippen molar-refractivity contribution in [3.63, 3.8) is 0 Å². The number of halogens is 1. The number of aliphatic imine (C=N–C) groups is 1. The van der Waals surface area contributed by atoms with Crippen LogP contribution in [-0.2, 0) is 20.9 Å². The van der Waals surface area contributed by atoms with Crippen LogP contribution in [-0.4, -0.2) is 69.1 Å². The average Bonchev–Trinajstić information content (AvgIpc) is 3.39. The summed E-state index contributed by atoms with van der Waals surface area (Å²) < 4.78 is 5.65. The van der Waals surface area contributed by atoms with E-state index in [9.17, 15) is 9.59 Å². The lowest BCUT2D eigenvalue weighted by atomic mass is 10.2. The lowest BCUT2D eigenvalue weighted by Gasteiger charge is -2.17. The minimum absolute atomic E-state index is 0. The highest BCUT2D eigenvalue weighted by molar-refractivity contribution is 14.0. The minimum atomic E-state index is -0.0174. The highest BCUT2D eigenvalue weighted by Gasteiger charge is 2.21. The average molecular weight is 529 g/mol. The Labute approximate surface area is 195 Å². The maximum Gasteiger partial charge on any atom is 0.241 e. The number of carbonyl (C=O) groups excluding carboxylic acids is 2. The molecule has 2 fully saturated rings. The van der Waals surface area contributed by atoms with Gasteiger partial charge in [-0.15, -0.1) is 24.0 Å². The number of amides is 2. The number of hydrogen-bond acceptors (Lipinski definition) is 4. The molecule has 1 aromatic rings. The molecule has 2 N–H and O–H groups in total. The van der Waals surface area contributed by atoms with Crippen molar-refractivity contribution in [1.82, 2.24) is 15.5 Å². The second-order valence-electron chi connectivity index (χ2n) is 7.64. The Morgan fingerprint density at radius 3 is 2.60 bits per heavy atom. The van der Waals surface area contributed by atoms with Gasteiger partial charge in [-0.05, 0) is 37.0 Å². The Morgan fingerprint density at radius 2 is 2.00 bits per heavy atom. The van der Waals surface area contributed by atoms with E-state index in [1.165, 1.54) is 0 Å². The summed E-state index contributed by atoms with van der Waals surface area (Å²) in [4.78, 5) is 31.8. The molecule has 0 saturated carbocycles. The van der Waals surface area contributed by atoms with Gasteiger partial charge in [-0.25, -0.2) is 4.99 Å². The van der Waals surface area contributed by atoms with Gasteiger partial charge in [0.05, 0.1) is 19.2 Å². The fourth-order valence-corrected chi connectivity index (χ4v) is 3.38. The van der Waals surface area contributed by atoms with Crippen LogP contribution < -0.4 is 15.5 Å². The first-order valence-corrected chi connectivity index (χ1v) is 10.3. The van der Waals surface area contributed by atoms with Crippen molar-refractivity contribution in [2.24, 2.45) is 4.99 Å². The van der Waals surface area contributed by atoms with Gasteiger partial charge < -0.3 is 25.2 Å². The molecule has 3 rings (SSSR count). The number of anilines is 1. The molecule has 166 valence electrons. The van der Waals surface area contributed by atoms with Crippen molar-refractivity contribution in [2.45, 2.75) is 38.3 Å². The summed E-state index contributed by atoms with van der Waals surface area (Å²) in [5.41, 5.74) is 1.98. The van der Waals surface area contributed by atoms with Crippen molar-refractivity contribution in [1.29, 1.82) is 0 Å². The molecule has 8 nitrogen and oxygen atoms in total. The number of benzene rings is 1. The molecular formula is C21H32IN5O3. The fourth-order valence-electron chi connectivity index (χ4n) is 3.38. The molecular weight excluding hydrogens is 497 g/mol. The van der Waals surface area contributed by atoms with Crippen LogP contribution in [0.1, 0.15) is 31.2 Å². The Bertz CT molecular complexity index is 733. The van der Waals surface area contributed by atoms with Gasteiger partial charge in [-0.3, -0.25) is 9.59 Å². The van der Waals surface area contributed by atoms with Crippen molar-refractivity contribution in [3.05, 3.63) is 29.8 Å². The van der Waals surface area contributed by atoms with Gasteiger partial charge in [0, 0.05) is 45.9 Å². The SMILES string of the molecule is CN(C)C(=O)CNC(=NCc1ccc(N2CCCC2=O)cc1)NCC1CCCO1.I. The molecule has 1 atom stereocenters. The smallest absolute Gasteiger partial charge is 0.241 e. The van der Waals surface area contributed by atoms with Crippen molar-refractivity contribution in [2.75, 3.05) is 45.2 Å². The van der Waals surface area contributed by atoms with Crippen molar-refractivity contribution < 1.29 is 14.3 Å². The molecule has 9 heteroatoms.